The Morgan fingerprint density at radius 1 is 1.53 bits per heavy atom. The molecule has 3 nitrogen and oxygen atoms in total. The van der Waals surface area contributed by atoms with Crippen LogP contribution in [0, 0.1) is 5.92 Å². The van der Waals surface area contributed by atoms with Crippen LogP contribution in [-0.4, -0.2) is 11.5 Å². The highest BCUT2D eigenvalue weighted by Crippen LogP contribution is 2.21. The number of fused-ring (bicyclic) bond motifs is 1. The topological polar surface area (TPSA) is 52.0 Å². The lowest BCUT2D eigenvalue weighted by molar-refractivity contribution is 0.468. The molecule has 2 rings (SSSR count). The molecule has 0 fully saturated rings. The van der Waals surface area contributed by atoms with Crippen LogP contribution in [0.2, 0.25) is 0 Å². The zero-order valence-corrected chi connectivity index (χ0v) is 10.1. The third-order valence-corrected chi connectivity index (χ3v) is 2.81. The van der Waals surface area contributed by atoms with E-state index >= 15 is 0 Å². The van der Waals surface area contributed by atoms with Gasteiger partial charge in [0.2, 0.25) is 0 Å². The van der Waals surface area contributed by atoms with Crippen molar-refractivity contribution in [3.05, 3.63) is 28.6 Å². The van der Waals surface area contributed by atoms with E-state index in [1.165, 1.54) is 0 Å². The van der Waals surface area contributed by atoms with E-state index in [2.05, 4.69) is 27.8 Å². The third-order valence-electron chi connectivity index (χ3n) is 2.32. The minimum absolute atomic E-state index is 0.404. The lowest BCUT2D eigenvalue weighted by Crippen LogP contribution is -2.13. The van der Waals surface area contributed by atoms with Crippen LogP contribution in [0.3, 0.4) is 0 Å². The normalized spacial score (nSPS) is 13.3. The summed E-state index contributed by atoms with van der Waals surface area (Å²) >= 11 is 3.40. The number of rotatable bonds is 3. The Hall–Kier alpha value is -0.870. The van der Waals surface area contributed by atoms with Gasteiger partial charge in [0.05, 0.1) is 0 Å². The van der Waals surface area contributed by atoms with Crippen LogP contribution in [0.4, 0.5) is 0 Å². The summed E-state index contributed by atoms with van der Waals surface area (Å²) in [6.07, 6.45) is 0.794. The fourth-order valence-corrected chi connectivity index (χ4v) is 1.75. The molecule has 1 aromatic carbocycles. The molecular weight excluding hydrogens is 256 g/mol. The van der Waals surface area contributed by atoms with Crippen LogP contribution >= 0.6 is 15.9 Å². The Morgan fingerprint density at radius 3 is 3.07 bits per heavy atom. The molecule has 0 spiro atoms. The number of nitrogens with zero attached hydrogens (tertiary/aromatic N) is 1. The van der Waals surface area contributed by atoms with Crippen molar-refractivity contribution in [3.63, 3.8) is 0 Å². The minimum atomic E-state index is 0.404. The Kier molecular flexibility index (Phi) is 3.07. The van der Waals surface area contributed by atoms with Gasteiger partial charge in [-0.2, -0.15) is 0 Å². The number of aromatic nitrogens is 1. The van der Waals surface area contributed by atoms with Gasteiger partial charge in [-0.15, -0.1) is 0 Å². The first kappa shape index (κ1) is 10.6. The molecule has 0 amide bonds. The molecule has 0 aliphatic carbocycles. The summed E-state index contributed by atoms with van der Waals surface area (Å²) in [5.41, 5.74) is 7.28. The Balaban J connectivity index is 2.30. The van der Waals surface area contributed by atoms with Crippen molar-refractivity contribution in [1.29, 1.82) is 0 Å². The van der Waals surface area contributed by atoms with Crippen LogP contribution < -0.4 is 5.73 Å². The summed E-state index contributed by atoms with van der Waals surface area (Å²) < 4.78 is 6.63. The molecule has 0 saturated heterocycles. The van der Waals surface area contributed by atoms with Crippen molar-refractivity contribution in [2.45, 2.75) is 13.3 Å². The van der Waals surface area contributed by atoms with Gasteiger partial charge in [-0.3, -0.25) is 0 Å². The summed E-state index contributed by atoms with van der Waals surface area (Å²) in [7, 11) is 0. The molecule has 1 atom stereocenters. The molecular formula is C11H13BrN2O. The maximum atomic E-state index is 5.62. The van der Waals surface area contributed by atoms with E-state index in [1.807, 2.05) is 18.2 Å². The summed E-state index contributed by atoms with van der Waals surface area (Å²) in [5, 5.41) is 0. The van der Waals surface area contributed by atoms with Crippen molar-refractivity contribution >= 4 is 27.0 Å². The maximum Gasteiger partial charge on any atom is 0.195 e. The average molecular weight is 269 g/mol. The molecule has 0 radical (unpaired) electrons. The first-order chi connectivity index (χ1) is 7.19. The maximum absolute atomic E-state index is 5.62. The molecule has 0 bridgehead atoms. The van der Waals surface area contributed by atoms with E-state index in [9.17, 15) is 0 Å². The molecule has 2 N–H and O–H groups in total. The number of halogens is 1. The van der Waals surface area contributed by atoms with Crippen LogP contribution in [0.15, 0.2) is 27.1 Å². The van der Waals surface area contributed by atoms with Crippen LogP contribution in [0.5, 0.6) is 0 Å². The first-order valence-corrected chi connectivity index (χ1v) is 5.73. The van der Waals surface area contributed by atoms with Crippen LogP contribution in [0.1, 0.15) is 12.8 Å². The second-order valence-corrected chi connectivity index (χ2v) is 4.68. The predicted molar refractivity (Wildman–Crippen MR) is 63.6 cm³/mol. The first-order valence-electron chi connectivity index (χ1n) is 4.94. The Bertz CT molecular complexity index is 467. The third kappa shape index (κ3) is 2.38. The summed E-state index contributed by atoms with van der Waals surface area (Å²) in [4.78, 5) is 4.40. The van der Waals surface area contributed by atoms with Crippen molar-refractivity contribution in [3.8, 4) is 0 Å². The van der Waals surface area contributed by atoms with E-state index < -0.39 is 0 Å². The molecule has 1 unspecified atom stereocenters. The molecule has 1 heterocycles. The van der Waals surface area contributed by atoms with Crippen molar-refractivity contribution in [2.24, 2.45) is 11.7 Å². The zero-order chi connectivity index (χ0) is 10.8. The summed E-state index contributed by atoms with van der Waals surface area (Å²) in [6, 6.07) is 5.83. The van der Waals surface area contributed by atoms with Crippen molar-refractivity contribution in [2.75, 3.05) is 6.54 Å². The molecule has 2 aromatic rings. The fraction of sp³-hybridized carbons (Fsp3) is 0.364. The zero-order valence-electron chi connectivity index (χ0n) is 8.53. The average Bonchev–Trinajstić information content (AvgIpc) is 2.59. The van der Waals surface area contributed by atoms with E-state index in [0.717, 1.165) is 27.9 Å². The van der Waals surface area contributed by atoms with Gasteiger partial charge in [-0.05, 0) is 30.7 Å². The Morgan fingerprint density at radius 2 is 2.33 bits per heavy atom. The van der Waals surface area contributed by atoms with Gasteiger partial charge < -0.3 is 10.2 Å². The highest BCUT2D eigenvalue weighted by molar-refractivity contribution is 9.10. The molecule has 0 aliphatic heterocycles. The van der Waals surface area contributed by atoms with Crippen LogP contribution in [0.25, 0.3) is 11.1 Å². The molecule has 80 valence electrons. The monoisotopic (exact) mass is 268 g/mol. The quantitative estimate of drug-likeness (QED) is 0.932. The van der Waals surface area contributed by atoms with Gasteiger partial charge in [0, 0.05) is 10.9 Å². The van der Waals surface area contributed by atoms with E-state index in [1.54, 1.807) is 0 Å². The molecule has 1 aromatic heterocycles. The minimum Gasteiger partial charge on any atom is -0.441 e. The van der Waals surface area contributed by atoms with Gasteiger partial charge in [0.25, 0.3) is 0 Å². The highest BCUT2D eigenvalue weighted by atomic mass is 79.9. The van der Waals surface area contributed by atoms with Gasteiger partial charge in [0.15, 0.2) is 11.5 Å². The standard InChI is InChI=1S/C11H13BrN2O/c1-7(6-13)4-11-14-9-3-2-8(12)5-10(9)15-11/h2-3,5,7H,4,6,13H2,1H3. The molecule has 4 heteroatoms. The number of nitrogens with two attached hydrogens (primary N) is 1. The molecule has 0 saturated carbocycles. The number of benzene rings is 1. The van der Waals surface area contributed by atoms with E-state index in [4.69, 9.17) is 10.2 Å². The van der Waals surface area contributed by atoms with E-state index in [0.29, 0.717) is 12.5 Å². The summed E-state index contributed by atoms with van der Waals surface area (Å²) in [6.45, 7) is 2.74. The predicted octanol–water partition coefficient (Wildman–Crippen LogP) is 2.73. The smallest absolute Gasteiger partial charge is 0.195 e. The van der Waals surface area contributed by atoms with Gasteiger partial charge in [-0.25, -0.2) is 4.98 Å². The van der Waals surface area contributed by atoms with E-state index in [-0.39, 0.29) is 0 Å². The largest absolute Gasteiger partial charge is 0.441 e. The highest BCUT2D eigenvalue weighted by Gasteiger charge is 2.09. The van der Waals surface area contributed by atoms with Crippen molar-refractivity contribution < 1.29 is 4.42 Å². The fourth-order valence-electron chi connectivity index (χ4n) is 1.41. The number of hydrogen-bond donors (Lipinski definition) is 1. The lowest BCUT2D eigenvalue weighted by atomic mass is 10.1. The van der Waals surface area contributed by atoms with Crippen LogP contribution in [-0.2, 0) is 6.42 Å². The lowest BCUT2D eigenvalue weighted by Gasteiger charge is -2.02. The molecule has 0 aliphatic rings. The van der Waals surface area contributed by atoms with Crippen molar-refractivity contribution in [1.82, 2.24) is 4.98 Å². The Labute approximate surface area is 96.8 Å². The SMILES string of the molecule is CC(CN)Cc1nc2ccc(Br)cc2o1. The van der Waals surface area contributed by atoms with Gasteiger partial charge in [0.1, 0.15) is 5.52 Å². The van der Waals surface area contributed by atoms with Gasteiger partial charge >= 0.3 is 0 Å². The molecule has 15 heavy (non-hydrogen) atoms. The second-order valence-electron chi connectivity index (χ2n) is 3.76. The van der Waals surface area contributed by atoms with Gasteiger partial charge in [-0.1, -0.05) is 22.9 Å². The summed E-state index contributed by atoms with van der Waals surface area (Å²) in [5.74, 6) is 1.17. The second kappa shape index (κ2) is 4.33. The number of oxazole rings is 1. The number of hydrogen-bond acceptors (Lipinski definition) is 3.